The smallest absolute Gasteiger partial charge is 0.0704 e. The predicted octanol–water partition coefficient (Wildman–Crippen LogP) is 2.44. The van der Waals surface area contributed by atoms with E-state index in [-0.39, 0.29) is 11.6 Å². The molecule has 1 aromatic heterocycles. The van der Waals surface area contributed by atoms with Gasteiger partial charge in [-0.3, -0.25) is 4.98 Å². The minimum Gasteiger partial charge on any atom is -0.326 e. The minimum absolute atomic E-state index is 0.0373. The van der Waals surface area contributed by atoms with Gasteiger partial charge in [0.15, 0.2) is 0 Å². The third-order valence-corrected chi connectivity index (χ3v) is 4.24. The van der Waals surface area contributed by atoms with Gasteiger partial charge in [0.05, 0.1) is 5.52 Å². The van der Waals surface area contributed by atoms with Crippen LogP contribution in [0.1, 0.15) is 19.4 Å². The SMILES string of the molecule is CN(C)C(C)(C)C(N)Cc1ccnc2ccccc12. The summed E-state index contributed by atoms with van der Waals surface area (Å²) < 4.78 is 0. The highest BCUT2D eigenvalue weighted by Gasteiger charge is 2.28. The van der Waals surface area contributed by atoms with Gasteiger partial charge in [-0.2, -0.15) is 0 Å². The molecule has 0 aliphatic rings. The highest BCUT2D eigenvalue weighted by atomic mass is 15.2. The van der Waals surface area contributed by atoms with Gasteiger partial charge in [0.2, 0.25) is 0 Å². The molecule has 0 aliphatic heterocycles. The Bertz CT molecular complexity index is 555. The lowest BCUT2D eigenvalue weighted by Gasteiger charge is -2.38. The Morgan fingerprint density at radius 2 is 1.89 bits per heavy atom. The average Bonchev–Trinajstić information content (AvgIpc) is 2.39. The van der Waals surface area contributed by atoms with E-state index in [9.17, 15) is 0 Å². The molecular weight excluding hydrogens is 234 g/mol. The topological polar surface area (TPSA) is 42.1 Å². The second-order valence-corrected chi connectivity index (χ2v) is 5.85. The Kier molecular flexibility index (Phi) is 3.88. The average molecular weight is 257 g/mol. The summed E-state index contributed by atoms with van der Waals surface area (Å²) in [6.45, 7) is 4.36. The number of nitrogens with zero attached hydrogens (tertiary/aromatic N) is 2. The lowest BCUT2D eigenvalue weighted by Crippen LogP contribution is -2.54. The molecule has 2 rings (SSSR count). The Morgan fingerprint density at radius 3 is 2.58 bits per heavy atom. The number of para-hydroxylation sites is 1. The van der Waals surface area contributed by atoms with E-state index < -0.39 is 0 Å². The minimum atomic E-state index is -0.0373. The first-order valence-corrected chi connectivity index (χ1v) is 6.68. The van der Waals surface area contributed by atoms with Gasteiger partial charge in [0.1, 0.15) is 0 Å². The summed E-state index contributed by atoms with van der Waals surface area (Å²) in [5, 5.41) is 1.20. The second-order valence-electron chi connectivity index (χ2n) is 5.85. The van der Waals surface area contributed by atoms with Crippen molar-refractivity contribution in [2.45, 2.75) is 31.8 Å². The van der Waals surface area contributed by atoms with E-state index >= 15 is 0 Å². The van der Waals surface area contributed by atoms with Crippen molar-refractivity contribution in [2.24, 2.45) is 5.73 Å². The zero-order valence-corrected chi connectivity index (χ0v) is 12.2. The van der Waals surface area contributed by atoms with Crippen molar-refractivity contribution in [3.05, 3.63) is 42.1 Å². The predicted molar refractivity (Wildman–Crippen MR) is 81.2 cm³/mol. The highest BCUT2D eigenvalue weighted by molar-refractivity contribution is 5.81. The van der Waals surface area contributed by atoms with Gasteiger partial charge in [-0.15, -0.1) is 0 Å². The first kappa shape index (κ1) is 14.0. The van der Waals surface area contributed by atoms with Crippen LogP contribution in [0, 0.1) is 0 Å². The maximum absolute atomic E-state index is 6.41. The van der Waals surface area contributed by atoms with E-state index in [1.54, 1.807) is 0 Å². The number of aromatic nitrogens is 1. The monoisotopic (exact) mass is 257 g/mol. The standard InChI is InChI=1S/C16H23N3/c1-16(2,19(3)4)15(17)11-12-9-10-18-14-8-6-5-7-13(12)14/h5-10,15H,11,17H2,1-4H3. The molecule has 3 nitrogen and oxygen atoms in total. The van der Waals surface area contributed by atoms with Crippen molar-refractivity contribution in [3.63, 3.8) is 0 Å². The fourth-order valence-electron chi connectivity index (χ4n) is 2.15. The summed E-state index contributed by atoms with van der Waals surface area (Å²) in [5.74, 6) is 0. The summed E-state index contributed by atoms with van der Waals surface area (Å²) in [6, 6.07) is 10.4. The molecule has 3 heteroatoms. The van der Waals surface area contributed by atoms with Crippen molar-refractivity contribution >= 4 is 10.9 Å². The third kappa shape index (κ3) is 2.77. The summed E-state index contributed by atoms with van der Waals surface area (Å²) in [7, 11) is 4.15. The summed E-state index contributed by atoms with van der Waals surface area (Å²) in [4.78, 5) is 6.58. The number of likely N-dealkylation sites (N-methyl/N-ethyl adjacent to an activating group) is 1. The molecule has 0 bridgehead atoms. The lowest BCUT2D eigenvalue weighted by atomic mass is 9.88. The largest absolute Gasteiger partial charge is 0.326 e. The van der Waals surface area contributed by atoms with Gasteiger partial charge in [-0.05, 0) is 52.1 Å². The molecule has 0 spiro atoms. The third-order valence-electron chi connectivity index (χ3n) is 4.24. The molecule has 0 radical (unpaired) electrons. The first-order chi connectivity index (χ1) is 8.93. The van der Waals surface area contributed by atoms with Crippen LogP contribution < -0.4 is 5.73 Å². The van der Waals surface area contributed by atoms with Crippen molar-refractivity contribution in [1.29, 1.82) is 0 Å². The number of benzene rings is 1. The van der Waals surface area contributed by atoms with Crippen LogP contribution in [-0.2, 0) is 6.42 Å². The molecular formula is C16H23N3. The van der Waals surface area contributed by atoms with Crippen LogP contribution in [0.25, 0.3) is 10.9 Å². The van der Waals surface area contributed by atoms with E-state index in [1.165, 1.54) is 10.9 Å². The number of hydrogen-bond acceptors (Lipinski definition) is 3. The van der Waals surface area contributed by atoms with Crippen LogP contribution in [0.3, 0.4) is 0 Å². The van der Waals surface area contributed by atoms with E-state index in [1.807, 2.05) is 18.3 Å². The number of rotatable bonds is 4. The molecule has 2 N–H and O–H groups in total. The molecule has 2 aromatic rings. The van der Waals surface area contributed by atoms with Gasteiger partial charge in [0, 0.05) is 23.2 Å². The Morgan fingerprint density at radius 1 is 1.21 bits per heavy atom. The van der Waals surface area contributed by atoms with Crippen molar-refractivity contribution in [1.82, 2.24) is 9.88 Å². The lowest BCUT2D eigenvalue weighted by molar-refractivity contribution is 0.158. The van der Waals surface area contributed by atoms with Gasteiger partial charge in [-0.25, -0.2) is 0 Å². The van der Waals surface area contributed by atoms with E-state index in [2.05, 4.69) is 56.0 Å². The molecule has 1 aromatic carbocycles. The van der Waals surface area contributed by atoms with E-state index in [4.69, 9.17) is 5.73 Å². The Hall–Kier alpha value is -1.45. The normalized spacial score (nSPS) is 14.0. The molecule has 0 fully saturated rings. The van der Waals surface area contributed by atoms with Crippen LogP contribution in [-0.4, -0.2) is 35.6 Å². The maximum Gasteiger partial charge on any atom is 0.0704 e. The van der Waals surface area contributed by atoms with Crippen LogP contribution in [0.4, 0.5) is 0 Å². The molecule has 19 heavy (non-hydrogen) atoms. The summed E-state index contributed by atoms with van der Waals surface area (Å²) >= 11 is 0. The fraction of sp³-hybridized carbons (Fsp3) is 0.438. The number of pyridine rings is 1. The quantitative estimate of drug-likeness (QED) is 0.914. The Labute approximate surface area is 115 Å². The van der Waals surface area contributed by atoms with Crippen LogP contribution in [0.2, 0.25) is 0 Å². The number of hydrogen-bond donors (Lipinski definition) is 1. The molecule has 1 unspecified atom stereocenters. The molecule has 0 saturated carbocycles. The molecule has 0 saturated heterocycles. The fourth-order valence-corrected chi connectivity index (χ4v) is 2.15. The van der Waals surface area contributed by atoms with Gasteiger partial charge < -0.3 is 10.6 Å². The molecule has 0 aliphatic carbocycles. The van der Waals surface area contributed by atoms with Gasteiger partial charge in [-0.1, -0.05) is 18.2 Å². The summed E-state index contributed by atoms with van der Waals surface area (Å²) in [5.41, 5.74) is 8.68. The molecule has 1 atom stereocenters. The van der Waals surface area contributed by atoms with Crippen LogP contribution in [0.15, 0.2) is 36.5 Å². The van der Waals surface area contributed by atoms with Crippen LogP contribution in [0.5, 0.6) is 0 Å². The molecule has 0 amide bonds. The Balaban J connectivity index is 2.32. The van der Waals surface area contributed by atoms with E-state index in [0.29, 0.717) is 0 Å². The van der Waals surface area contributed by atoms with E-state index in [0.717, 1.165) is 11.9 Å². The number of nitrogens with two attached hydrogens (primary N) is 1. The maximum atomic E-state index is 6.41. The first-order valence-electron chi connectivity index (χ1n) is 6.68. The highest BCUT2D eigenvalue weighted by Crippen LogP contribution is 2.22. The summed E-state index contributed by atoms with van der Waals surface area (Å²) in [6.07, 6.45) is 2.72. The molecule has 1 heterocycles. The second kappa shape index (κ2) is 5.27. The van der Waals surface area contributed by atoms with Gasteiger partial charge >= 0.3 is 0 Å². The number of fused-ring (bicyclic) bond motifs is 1. The van der Waals surface area contributed by atoms with Crippen molar-refractivity contribution < 1.29 is 0 Å². The van der Waals surface area contributed by atoms with Crippen LogP contribution >= 0.6 is 0 Å². The molecule has 102 valence electrons. The van der Waals surface area contributed by atoms with Gasteiger partial charge in [0.25, 0.3) is 0 Å². The zero-order chi connectivity index (χ0) is 14.0. The van der Waals surface area contributed by atoms with Crippen molar-refractivity contribution in [2.75, 3.05) is 14.1 Å². The van der Waals surface area contributed by atoms with Crippen molar-refractivity contribution in [3.8, 4) is 0 Å². The zero-order valence-electron chi connectivity index (χ0n) is 12.2.